The van der Waals surface area contributed by atoms with Crippen molar-refractivity contribution in [1.82, 2.24) is 4.98 Å². The van der Waals surface area contributed by atoms with Crippen LogP contribution in [0.25, 0.3) is 10.2 Å². The van der Waals surface area contributed by atoms with Crippen LogP contribution in [0.5, 0.6) is 0 Å². The smallest absolute Gasteiger partial charge is 0.337 e. The molecule has 0 atom stereocenters. The minimum absolute atomic E-state index is 0.215. The van der Waals surface area contributed by atoms with Crippen molar-refractivity contribution in [3.63, 3.8) is 0 Å². The Morgan fingerprint density at radius 2 is 1.68 bits per heavy atom. The van der Waals surface area contributed by atoms with Gasteiger partial charge in [0.2, 0.25) is 0 Å². The second-order valence-electron chi connectivity index (χ2n) is 6.98. The van der Waals surface area contributed by atoms with Crippen LogP contribution in [-0.4, -0.2) is 24.0 Å². The van der Waals surface area contributed by atoms with E-state index in [0.717, 1.165) is 21.3 Å². The van der Waals surface area contributed by atoms with Gasteiger partial charge in [0.25, 0.3) is 5.91 Å². The predicted octanol–water partition coefficient (Wildman–Crippen LogP) is 5.89. The highest BCUT2D eigenvalue weighted by Gasteiger charge is 2.23. The predicted molar refractivity (Wildman–Crippen MR) is 124 cm³/mol. The van der Waals surface area contributed by atoms with Gasteiger partial charge in [-0.1, -0.05) is 59.3 Å². The Hall–Kier alpha value is -3.22. The Bertz CT molecular complexity index is 1210. The van der Waals surface area contributed by atoms with Gasteiger partial charge in [0.15, 0.2) is 5.13 Å². The first kappa shape index (κ1) is 21.0. The topological polar surface area (TPSA) is 59.5 Å². The minimum atomic E-state index is -0.448. The van der Waals surface area contributed by atoms with Crippen molar-refractivity contribution in [1.29, 1.82) is 0 Å². The maximum Gasteiger partial charge on any atom is 0.337 e. The van der Waals surface area contributed by atoms with Crippen molar-refractivity contribution in [2.75, 3.05) is 12.0 Å². The molecular formula is C24H19ClN2O3S. The molecule has 0 unspecified atom stereocenters. The van der Waals surface area contributed by atoms with Crippen LogP contribution in [0.4, 0.5) is 5.13 Å². The number of carbonyl (C=O) groups is 2. The van der Waals surface area contributed by atoms with Gasteiger partial charge in [0.05, 0.1) is 34.5 Å². The summed E-state index contributed by atoms with van der Waals surface area (Å²) in [7, 11) is 1.32. The molecule has 1 heterocycles. The van der Waals surface area contributed by atoms with E-state index in [9.17, 15) is 9.59 Å². The molecule has 0 radical (unpaired) electrons. The number of esters is 1. The number of halogens is 1. The number of rotatable bonds is 5. The summed E-state index contributed by atoms with van der Waals surface area (Å²) < 4.78 is 5.58. The first-order valence-electron chi connectivity index (χ1n) is 9.57. The van der Waals surface area contributed by atoms with Gasteiger partial charge in [-0.25, -0.2) is 9.78 Å². The van der Waals surface area contributed by atoms with Crippen molar-refractivity contribution in [2.24, 2.45) is 0 Å². The molecule has 0 aliphatic heterocycles. The number of aromatic nitrogens is 1. The SMILES string of the molecule is COC(=O)c1ccc(C(=O)N(Cc2ccccc2)c2nc3c(C)ccc(Cl)c3s2)cc1. The second-order valence-corrected chi connectivity index (χ2v) is 8.37. The molecule has 0 aliphatic carbocycles. The molecular weight excluding hydrogens is 432 g/mol. The Kier molecular flexibility index (Phi) is 6.02. The summed E-state index contributed by atoms with van der Waals surface area (Å²) >= 11 is 7.78. The zero-order valence-corrected chi connectivity index (χ0v) is 18.5. The standard InChI is InChI=1S/C24H19ClN2O3S/c1-15-8-13-19(25)21-20(15)26-24(31-21)27(14-16-6-4-3-5-7-16)22(28)17-9-11-18(12-10-17)23(29)30-2/h3-13H,14H2,1-2H3. The molecule has 0 spiro atoms. The average Bonchev–Trinajstić information content (AvgIpc) is 3.26. The third-order valence-corrected chi connectivity index (χ3v) is 6.44. The van der Waals surface area contributed by atoms with Gasteiger partial charge in [-0.05, 0) is 48.4 Å². The molecule has 156 valence electrons. The molecule has 3 aromatic carbocycles. The quantitative estimate of drug-likeness (QED) is 0.355. The fourth-order valence-electron chi connectivity index (χ4n) is 3.22. The largest absolute Gasteiger partial charge is 0.465 e. The van der Waals surface area contributed by atoms with E-state index < -0.39 is 5.97 Å². The summed E-state index contributed by atoms with van der Waals surface area (Å²) in [5.41, 5.74) is 3.60. The number of carbonyl (C=O) groups excluding carboxylic acids is 2. The lowest BCUT2D eigenvalue weighted by atomic mass is 10.1. The van der Waals surface area contributed by atoms with Gasteiger partial charge in [0.1, 0.15) is 0 Å². The molecule has 31 heavy (non-hydrogen) atoms. The first-order valence-corrected chi connectivity index (χ1v) is 10.8. The summed E-state index contributed by atoms with van der Waals surface area (Å²) in [6.45, 7) is 2.33. The molecule has 0 saturated carbocycles. The van der Waals surface area contributed by atoms with Crippen molar-refractivity contribution >= 4 is 50.2 Å². The zero-order chi connectivity index (χ0) is 22.0. The van der Waals surface area contributed by atoms with E-state index in [-0.39, 0.29) is 5.91 Å². The number of fused-ring (bicyclic) bond motifs is 1. The molecule has 1 aromatic heterocycles. The highest BCUT2D eigenvalue weighted by molar-refractivity contribution is 7.23. The van der Waals surface area contributed by atoms with Crippen LogP contribution in [0, 0.1) is 6.92 Å². The highest BCUT2D eigenvalue weighted by Crippen LogP contribution is 2.36. The Morgan fingerprint density at radius 3 is 2.32 bits per heavy atom. The van der Waals surface area contributed by atoms with Crippen molar-refractivity contribution < 1.29 is 14.3 Å². The Labute approximate surface area is 188 Å². The molecule has 5 nitrogen and oxygen atoms in total. The van der Waals surface area contributed by atoms with Crippen LogP contribution >= 0.6 is 22.9 Å². The molecule has 0 N–H and O–H groups in total. The van der Waals surface area contributed by atoms with E-state index in [0.29, 0.717) is 27.8 Å². The highest BCUT2D eigenvalue weighted by atomic mass is 35.5. The van der Waals surface area contributed by atoms with Gasteiger partial charge >= 0.3 is 5.97 Å². The average molecular weight is 451 g/mol. The summed E-state index contributed by atoms with van der Waals surface area (Å²) in [5.74, 6) is -0.662. The minimum Gasteiger partial charge on any atom is -0.465 e. The molecule has 0 saturated heterocycles. The van der Waals surface area contributed by atoms with Crippen LogP contribution in [-0.2, 0) is 11.3 Å². The fraction of sp³-hybridized carbons (Fsp3) is 0.125. The summed E-state index contributed by atoms with van der Waals surface area (Å²) in [6.07, 6.45) is 0. The summed E-state index contributed by atoms with van der Waals surface area (Å²) in [4.78, 5) is 31.6. The van der Waals surface area contributed by atoms with Crippen LogP contribution in [0.1, 0.15) is 31.8 Å². The van der Waals surface area contributed by atoms with Crippen LogP contribution in [0.3, 0.4) is 0 Å². The zero-order valence-electron chi connectivity index (χ0n) is 17.0. The molecule has 0 bridgehead atoms. The number of hydrogen-bond acceptors (Lipinski definition) is 5. The lowest BCUT2D eigenvalue weighted by molar-refractivity contribution is 0.0600. The molecule has 4 aromatic rings. The van der Waals surface area contributed by atoms with E-state index >= 15 is 0 Å². The maximum atomic E-state index is 13.5. The third kappa shape index (κ3) is 4.31. The number of thiazole rings is 1. The molecule has 0 fully saturated rings. The number of ether oxygens (including phenoxy) is 1. The lowest BCUT2D eigenvalue weighted by Crippen LogP contribution is -2.30. The number of aryl methyl sites for hydroxylation is 1. The van der Waals surface area contributed by atoms with Gasteiger partial charge in [-0.3, -0.25) is 9.69 Å². The van der Waals surface area contributed by atoms with Crippen molar-refractivity contribution in [2.45, 2.75) is 13.5 Å². The number of hydrogen-bond donors (Lipinski definition) is 0. The number of amides is 1. The number of anilines is 1. The van der Waals surface area contributed by atoms with Gasteiger partial charge < -0.3 is 4.74 Å². The number of methoxy groups -OCH3 is 1. The van der Waals surface area contributed by atoms with Gasteiger partial charge in [0, 0.05) is 5.56 Å². The lowest BCUT2D eigenvalue weighted by Gasteiger charge is -2.20. The second kappa shape index (κ2) is 8.88. The van der Waals surface area contributed by atoms with E-state index in [1.165, 1.54) is 18.4 Å². The van der Waals surface area contributed by atoms with E-state index in [1.54, 1.807) is 29.2 Å². The van der Waals surface area contributed by atoms with E-state index in [1.807, 2.05) is 49.4 Å². The monoisotopic (exact) mass is 450 g/mol. The van der Waals surface area contributed by atoms with Gasteiger partial charge in [-0.2, -0.15) is 0 Å². The normalized spacial score (nSPS) is 10.8. The fourth-order valence-corrected chi connectivity index (χ4v) is 4.54. The van der Waals surface area contributed by atoms with E-state index in [4.69, 9.17) is 21.3 Å². The number of nitrogens with zero attached hydrogens (tertiary/aromatic N) is 2. The number of benzene rings is 3. The van der Waals surface area contributed by atoms with Crippen molar-refractivity contribution in [3.8, 4) is 0 Å². The Balaban J connectivity index is 1.76. The molecule has 4 rings (SSSR count). The van der Waals surface area contributed by atoms with Crippen LogP contribution in [0.2, 0.25) is 5.02 Å². The molecule has 1 amide bonds. The molecule has 7 heteroatoms. The Morgan fingerprint density at radius 1 is 1.00 bits per heavy atom. The van der Waals surface area contributed by atoms with Gasteiger partial charge in [-0.15, -0.1) is 0 Å². The third-order valence-electron chi connectivity index (χ3n) is 4.90. The van der Waals surface area contributed by atoms with Crippen molar-refractivity contribution in [3.05, 3.63) is 94.0 Å². The molecule has 0 aliphatic rings. The van der Waals surface area contributed by atoms with E-state index in [2.05, 4.69) is 0 Å². The first-order chi connectivity index (χ1) is 15.0. The maximum absolute atomic E-state index is 13.5. The van der Waals surface area contributed by atoms with Crippen LogP contribution < -0.4 is 4.90 Å². The summed E-state index contributed by atoms with van der Waals surface area (Å²) in [6, 6.07) is 19.9. The summed E-state index contributed by atoms with van der Waals surface area (Å²) in [5, 5.41) is 1.18. The van der Waals surface area contributed by atoms with Crippen LogP contribution in [0.15, 0.2) is 66.7 Å².